The van der Waals surface area contributed by atoms with Crippen LogP contribution in [0.15, 0.2) is 47.6 Å². The van der Waals surface area contributed by atoms with Gasteiger partial charge in [0.05, 0.1) is 25.5 Å². The molecule has 38 heavy (non-hydrogen) atoms. The second-order valence-electron chi connectivity index (χ2n) is 10.6. The normalized spacial score (nSPS) is 22.0. The minimum absolute atomic E-state index is 0.00212. The van der Waals surface area contributed by atoms with Crippen molar-refractivity contribution in [1.29, 1.82) is 0 Å². The van der Waals surface area contributed by atoms with Crippen molar-refractivity contribution in [1.82, 2.24) is 15.6 Å². The lowest BCUT2D eigenvalue weighted by Gasteiger charge is -2.26. The molecule has 2 amide bonds. The number of methoxy groups -OCH3 is 1. The number of nitrogens with one attached hydrogen (secondary N) is 2. The molecule has 3 N–H and O–H groups in total. The quantitative estimate of drug-likeness (QED) is 0.375. The fraction of sp³-hybridized carbons (Fsp3) is 0.536. The summed E-state index contributed by atoms with van der Waals surface area (Å²) in [5.41, 5.74) is 0.747. The smallest absolute Gasteiger partial charge is 0.256 e. The third-order valence-corrected chi connectivity index (χ3v) is 8.90. The Kier molecular flexibility index (Phi) is 9.04. The van der Waals surface area contributed by atoms with E-state index in [9.17, 15) is 23.1 Å². The number of benzene rings is 1. The molecule has 2 aromatic rings. The SMILES string of the molecule is COc1cncc(S(C)(=O)=O)c1C(=O)N[C@@H](Cc1ccccc1)[C@@H](O)CCCC(=O)NC1C[C@@H]2CCC1C2. The second-order valence-corrected chi connectivity index (χ2v) is 12.5. The van der Waals surface area contributed by atoms with Gasteiger partial charge in [0, 0.05) is 24.9 Å². The Balaban J connectivity index is 1.42. The van der Waals surface area contributed by atoms with Gasteiger partial charge in [0.15, 0.2) is 15.6 Å². The van der Waals surface area contributed by atoms with Crippen molar-refractivity contribution < 1.29 is 27.9 Å². The molecule has 2 bridgehead atoms. The van der Waals surface area contributed by atoms with Crippen LogP contribution in [-0.2, 0) is 21.1 Å². The van der Waals surface area contributed by atoms with E-state index in [1.807, 2.05) is 30.3 Å². The monoisotopic (exact) mass is 543 g/mol. The highest BCUT2D eigenvalue weighted by Gasteiger charge is 2.40. The van der Waals surface area contributed by atoms with Crippen molar-refractivity contribution >= 4 is 21.7 Å². The number of fused-ring (bicyclic) bond motifs is 2. The van der Waals surface area contributed by atoms with Gasteiger partial charge in [-0.15, -0.1) is 0 Å². The van der Waals surface area contributed by atoms with Gasteiger partial charge in [-0.2, -0.15) is 0 Å². The van der Waals surface area contributed by atoms with E-state index in [1.54, 1.807) is 0 Å². The highest BCUT2D eigenvalue weighted by atomic mass is 32.2. The number of carbonyl (C=O) groups is 2. The molecule has 0 aliphatic heterocycles. The summed E-state index contributed by atoms with van der Waals surface area (Å²) in [5, 5.41) is 17.1. The maximum Gasteiger partial charge on any atom is 0.256 e. The number of pyridine rings is 1. The fourth-order valence-electron chi connectivity index (χ4n) is 5.85. The molecule has 2 aliphatic carbocycles. The van der Waals surface area contributed by atoms with Crippen LogP contribution >= 0.6 is 0 Å². The van der Waals surface area contributed by atoms with Crippen LogP contribution in [0.4, 0.5) is 0 Å². The zero-order chi connectivity index (χ0) is 27.3. The summed E-state index contributed by atoms with van der Waals surface area (Å²) in [6.07, 6.45) is 8.57. The van der Waals surface area contributed by atoms with Gasteiger partial charge in [-0.25, -0.2) is 8.42 Å². The van der Waals surface area contributed by atoms with Crippen molar-refractivity contribution in [3.8, 4) is 5.75 Å². The lowest BCUT2D eigenvalue weighted by atomic mass is 9.95. The van der Waals surface area contributed by atoms with Gasteiger partial charge in [-0.3, -0.25) is 14.6 Å². The molecule has 4 rings (SSSR count). The number of aliphatic hydroxyl groups is 1. The zero-order valence-electron chi connectivity index (χ0n) is 21.9. The van der Waals surface area contributed by atoms with Gasteiger partial charge in [-0.05, 0) is 55.9 Å². The zero-order valence-corrected chi connectivity index (χ0v) is 22.7. The molecular formula is C28H37N3O6S. The molecule has 9 nitrogen and oxygen atoms in total. The molecule has 1 aromatic carbocycles. The predicted octanol–water partition coefficient (Wildman–Crippen LogP) is 2.67. The molecule has 2 aliphatic rings. The number of hydrogen-bond acceptors (Lipinski definition) is 7. The highest BCUT2D eigenvalue weighted by Crippen LogP contribution is 2.44. The predicted molar refractivity (Wildman–Crippen MR) is 143 cm³/mol. The molecule has 0 spiro atoms. The van der Waals surface area contributed by atoms with Gasteiger partial charge in [0.1, 0.15) is 10.5 Å². The Morgan fingerprint density at radius 2 is 1.92 bits per heavy atom. The summed E-state index contributed by atoms with van der Waals surface area (Å²) in [4.78, 5) is 29.6. The van der Waals surface area contributed by atoms with Crippen LogP contribution in [0, 0.1) is 11.8 Å². The first-order chi connectivity index (χ1) is 18.2. The van der Waals surface area contributed by atoms with E-state index in [4.69, 9.17) is 4.74 Å². The number of aliphatic hydroxyl groups excluding tert-OH is 1. The highest BCUT2D eigenvalue weighted by molar-refractivity contribution is 7.90. The second kappa shape index (κ2) is 12.3. The number of rotatable bonds is 12. The van der Waals surface area contributed by atoms with E-state index in [0.29, 0.717) is 31.6 Å². The van der Waals surface area contributed by atoms with Crippen molar-refractivity contribution in [2.75, 3.05) is 13.4 Å². The van der Waals surface area contributed by atoms with E-state index in [2.05, 4.69) is 15.6 Å². The summed E-state index contributed by atoms with van der Waals surface area (Å²) < 4.78 is 29.9. The number of hydrogen-bond donors (Lipinski definition) is 3. The number of sulfone groups is 1. The Labute approximate surface area is 224 Å². The molecular weight excluding hydrogens is 506 g/mol. The van der Waals surface area contributed by atoms with E-state index < -0.39 is 27.9 Å². The minimum atomic E-state index is -3.77. The van der Waals surface area contributed by atoms with Crippen LogP contribution in [0.1, 0.15) is 60.9 Å². The summed E-state index contributed by atoms with van der Waals surface area (Å²) in [6.45, 7) is 0. The summed E-state index contributed by atoms with van der Waals surface area (Å²) >= 11 is 0. The molecule has 2 saturated carbocycles. The van der Waals surface area contributed by atoms with Gasteiger partial charge in [0.25, 0.3) is 5.91 Å². The van der Waals surface area contributed by atoms with Crippen LogP contribution < -0.4 is 15.4 Å². The molecule has 1 heterocycles. The molecule has 5 atom stereocenters. The molecule has 2 fully saturated rings. The number of amides is 2. The van der Waals surface area contributed by atoms with Gasteiger partial charge < -0.3 is 20.5 Å². The van der Waals surface area contributed by atoms with Crippen LogP contribution in [0.5, 0.6) is 5.75 Å². The topological polar surface area (TPSA) is 135 Å². The summed E-state index contributed by atoms with van der Waals surface area (Å²) in [6, 6.07) is 8.96. The maximum absolute atomic E-state index is 13.4. The summed E-state index contributed by atoms with van der Waals surface area (Å²) in [5.74, 6) is 0.686. The lowest BCUT2D eigenvalue weighted by Crippen LogP contribution is -2.45. The third-order valence-electron chi connectivity index (χ3n) is 7.79. The molecule has 10 heteroatoms. The van der Waals surface area contributed by atoms with E-state index in [1.165, 1.54) is 32.6 Å². The van der Waals surface area contributed by atoms with E-state index >= 15 is 0 Å². The standard InChI is InChI=1S/C28H37N3O6S/c1-37-24-16-29-17-25(38(2,35)36)27(24)28(34)31-22(14-18-7-4-3-5-8-18)23(32)9-6-10-26(33)30-21-15-19-11-12-20(21)13-19/h3-5,7-8,16-17,19-23,32H,6,9-15H2,1-2H3,(H,30,33)(H,31,34)/t19-,20?,21?,22+,23+/m1/s1. The van der Waals surface area contributed by atoms with Gasteiger partial charge >= 0.3 is 0 Å². The Hall–Kier alpha value is -2.98. The number of ether oxygens (including phenoxy) is 1. The maximum atomic E-state index is 13.4. The lowest BCUT2D eigenvalue weighted by molar-refractivity contribution is -0.122. The van der Waals surface area contributed by atoms with E-state index in [-0.39, 0.29) is 28.2 Å². The Bertz CT molecular complexity index is 1240. The van der Waals surface area contributed by atoms with E-state index in [0.717, 1.165) is 30.4 Å². The van der Waals surface area contributed by atoms with Gasteiger partial charge in [-0.1, -0.05) is 36.8 Å². The van der Waals surface area contributed by atoms with Crippen LogP contribution in [0.3, 0.4) is 0 Å². The average molecular weight is 544 g/mol. The van der Waals surface area contributed by atoms with Crippen LogP contribution in [0.25, 0.3) is 0 Å². The molecule has 2 unspecified atom stereocenters. The largest absolute Gasteiger partial charge is 0.494 e. The fourth-order valence-corrected chi connectivity index (χ4v) is 6.66. The molecule has 0 radical (unpaired) electrons. The van der Waals surface area contributed by atoms with Crippen molar-refractivity contribution in [2.24, 2.45) is 11.8 Å². The number of aromatic nitrogens is 1. The average Bonchev–Trinajstić information content (AvgIpc) is 3.51. The van der Waals surface area contributed by atoms with Crippen LogP contribution in [-0.4, -0.2) is 61.9 Å². The minimum Gasteiger partial charge on any atom is -0.494 e. The first-order valence-corrected chi connectivity index (χ1v) is 15.1. The van der Waals surface area contributed by atoms with Crippen LogP contribution in [0.2, 0.25) is 0 Å². The number of carbonyl (C=O) groups excluding carboxylic acids is 2. The van der Waals surface area contributed by atoms with Crippen molar-refractivity contribution in [2.45, 2.75) is 74.4 Å². The molecule has 206 valence electrons. The third kappa shape index (κ3) is 6.91. The molecule has 0 saturated heterocycles. The molecule has 1 aromatic heterocycles. The summed E-state index contributed by atoms with van der Waals surface area (Å²) in [7, 11) is -2.44. The number of nitrogens with zero attached hydrogens (tertiary/aromatic N) is 1. The Morgan fingerprint density at radius 1 is 1.16 bits per heavy atom. The van der Waals surface area contributed by atoms with Gasteiger partial charge in [0.2, 0.25) is 5.91 Å². The van der Waals surface area contributed by atoms with Crippen molar-refractivity contribution in [3.63, 3.8) is 0 Å². The first kappa shape index (κ1) is 28.0. The Morgan fingerprint density at radius 3 is 2.55 bits per heavy atom. The van der Waals surface area contributed by atoms with Crippen molar-refractivity contribution in [3.05, 3.63) is 53.9 Å². The first-order valence-electron chi connectivity index (χ1n) is 13.2.